The number of halogens is 1. The normalized spacial score (nSPS) is 11.9. The van der Waals surface area contributed by atoms with E-state index in [9.17, 15) is 10.0 Å². The van der Waals surface area contributed by atoms with Crippen LogP contribution in [0.1, 0.15) is 12.5 Å². The van der Waals surface area contributed by atoms with Crippen molar-refractivity contribution in [3.05, 3.63) is 64.5 Å². The highest BCUT2D eigenvalue weighted by Gasteiger charge is 2.18. The zero-order chi connectivity index (χ0) is 15.2. The lowest BCUT2D eigenvalue weighted by Crippen LogP contribution is -2.33. The van der Waals surface area contributed by atoms with Gasteiger partial charge in [-0.15, -0.1) is 0 Å². The van der Waals surface area contributed by atoms with Crippen LogP contribution in [0.4, 0.5) is 0 Å². The van der Waals surface area contributed by atoms with E-state index in [1.54, 1.807) is 37.3 Å². The molecule has 110 valence electrons. The van der Waals surface area contributed by atoms with E-state index in [2.05, 4.69) is 5.32 Å². The van der Waals surface area contributed by atoms with Crippen molar-refractivity contribution in [2.45, 2.75) is 23.7 Å². The zero-order valence-corrected chi connectivity index (χ0v) is 13.0. The lowest BCUT2D eigenvalue weighted by atomic mass is 10.2. The van der Waals surface area contributed by atoms with Crippen LogP contribution in [0.5, 0.6) is 0 Å². The lowest BCUT2D eigenvalue weighted by molar-refractivity contribution is -0.645. The molecule has 1 aromatic heterocycles. The SMILES string of the molecule is CC(Sc1cccc[n+]1[O-])C(=O)NCc1ccc(Cl)cc1. The number of aromatic nitrogens is 1. The average Bonchev–Trinajstić information content (AvgIpc) is 2.48. The molecule has 0 aliphatic carbocycles. The summed E-state index contributed by atoms with van der Waals surface area (Å²) in [7, 11) is 0. The Labute approximate surface area is 132 Å². The number of hydrogen-bond donors (Lipinski definition) is 1. The fourth-order valence-corrected chi connectivity index (χ4v) is 2.67. The molecule has 21 heavy (non-hydrogen) atoms. The molecule has 0 saturated carbocycles. The number of nitrogens with zero attached hydrogens (tertiary/aromatic N) is 1. The van der Waals surface area contributed by atoms with Gasteiger partial charge in [0.25, 0.3) is 5.03 Å². The number of thioether (sulfide) groups is 1. The van der Waals surface area contributed by atoms with E-state index in [0.29, 0.717) is 16.6 Å². The molecule has 0 bridgehead atoms. The summed E-state index contributed by atoms with van der Waals surface area (Å²) in [5, 5.41) is 15.2. The van der Waals surface area contributed by atoms with Gasteiger partial charge in [0.1, 0.15) is 0 Å². The Kier molecular flexibility index (Phi) is 5.47. The fraction of sp³-hybridized carbons (Fsp3) is 0.200. The van der Waals surface area contributed by atoms with Gasteiger partial charge in [-0.2, -0.15) is 4.73 Å². The van der Waals surface area contributed by atoms with Crippen molar-refractivity contribution in [1.29, 1.82) is 0 Å². The maximum absolute atomic E-state index is 12.0. The van der Waals surface area contributed by atoms with Crippen LogP contribution >= 0.6 is 23.4 Å². The highest BCUT2D eigenvalue weighted by atomic mass is 35.5. The Morgan fingerprint density at radius 3 is 2.71 bits per heavy atom. The molecule has 2 aromatic rings. The summed E-state index contributed by atoms with van der Waals surface area (Å²) in [5.41, 5.74) is 0.976. The van der Waals surface area contributed by atoms with Gasteiger partial charge < -0.3 is 10.5 Å². The Hall–Kier alpha value is -1.72. The van der Waals surface area contributed by atoms with E-state index in [4.69, 9.17) is 11.6 Å². The molecular weight excluding hydrogens is 308 g/mol. The predicted octanol–water partition coefficient (Wildman–Crippen LogP) is 2.77. The van der Waals surface area contributed by atoms with Gasteiger partial charge in [-0.3, -0.25) is 4.79 Å². The molecule has 6 heteroatoms. The molecule has 0 fully saturated rings. The summed E-state index contributed by atoms with van der Waals surface area (Å²) in [6.07, 6.45) is 1.42. The Morgan fingerprint density at radius 2 is 2.05 bits per heavy atom. The maximum atomic E-state index is 12.0. The van der Waals surface area contributed by atoms with Crippen LogP contribution in [0.2, 0.25) is 5.02 Å². The van der Waals surface area contributed by atoms with Crippen LogP contribution in [0.15, 0.2) is 53.7 Å². The molecule has 0 aliphatic heterocycles. The Bertz CT molecular complexity index is 619. The number of benzene rings is 1. The molecule has 0 radical (unpaired) electrons. The minimum Gasteiger partial charge on any atom is -0.618 e. The highest BCUT2D eigenvalue weighted by Crippen LogP contribution is 2.19. The van der Waals surface area contributed by atoms with Crippen molar-refractivity contribution < 1.29 is 9.52 Å². The van der Waals surface area contributed by atoms with Crippen LogP contribution in [0.3, 0.4) is 0 Å². The first-order valence-electron chi connectivity index (χ1n) is 6.43. The number of rotatable bonds is 5. The number of carbonyl (C=O) groups is 1. The van der Waals surface area contributed by atoms with Gasteiger partial charge in [0, 0.05) is 23.7 Å². The third-order valence-electron chi connectivity index (χ3n) is 2.84. The van der Waals surface area contributed by atoms with E-state index >= 15 is 0 Å². The number of amides is 1. The van der Waals surface area contributed by atoms with Gasteiger partial charge in [-0.05, 0) is 42.4 Å². The summed E-state index contributed by atoms with van der Waals surface area (Å²) in [4.78, 5) is 12.0. The summed E-state index contributed by atoms with van der Waals surface area (Å²) >= 11 is 7.04. The van der Waals surface area contributed by atoms with Crippen molar-refractivity contribution in [3.8, 4) is 0 Å². The molecule has 0 saturated heterocycles. The molecular formula is C15H15ClN2O2S. The molecule has 1 N–H and O–H groups in total. The average molecular weight is 323 g/mol. The number of carbonyl (C=O) groups excluding carboxylic acids is 1. The minimum atomic E-state index is -0.347. The maximum Gasteiger partial charge on any atom is 0.252 e. The molecule has 4 nitrogen and oxygen atoms in total. The first-order valence-corrected chi connectivity index (χ1v) is 7.69. The van der Waals surface area contributed by atoms with E-state index in [0.717, 1.165) is 10.3 Å². The quantitative estimate of drug-likeness (QED) is 0.523. The van der Waals surface area contributed by atoms with Crippen molar-refractivity contribution >= 4 is 29.3 Å². The predicted molar refractivity (Wildman–Crippen MR) is 84.0 cm³/mol. The van der Waals surface area contributed by atoms with Crippen LogP contribution in [0.25, 0.3) is 0 Å². The van der Waals surface area contributed by atoms with Gasteiger partial charge in [0.15, 0.2) is 6.20 Å². The van der Waals surface area contributed by atoms with Crippen LogP contribution < -0.4 is 10.0 Å². The summed E-state index contributed by atoms with van der Waals surface area (Å²) in [6.45, 7) is 2.21. The van der Waals surface area contributed by atoms with Crippen molar-refractivity contribution in [3.63, 3.8) is 0 Å². The number of hydrogen-bond acceptors (Lipinski definition) is 3. The van der Waals surface area contributed by atoms with Gasteiger partial charge in [0.05, 0.1) is 5.25 Å². The van der Waals surface area contributed by atoms with Gasteiger partial charge in [0.2, 0.25) is 5.91 Å². The van der Waals surface area contributed by atoms with Crippen LogP contribution in [0, 0.1) is 5.21 Å². The zero-order valence-electron chi connectivity index (χ0n) is 11.5. The highest BCUT2D eigenvalue weighted by molar-refractivity contribution is 8.00. The molecule has 1 heterocycles. The number of nitrogens with one attached hydrogen (secondary N) is 1. The van der Waals surface area contributed by atoms with E-state index < -0.39 is 0 Å². The van der Waals surface area contributed by atoms with Crippen molar-refractivity contribution in [1.82, 2.24) is 5.32 Å². The summed E-state index contributed by atoms with van der Waals surface area (Å²) in [6, 6.07) is 12.4. The molecule has 1 unspecified atom stereocenters. The Balaban J connectivity index is 1.88. The fourth-order valence-electron chi connectivity index (χ4n) is 1.67. The monoisotopic (exact) mass is 322 g/mol. The van der Waals surface area contributed by atoms with Gasteiger partial charge in [-0.25, -0.2) is 0 Å². The molecule has 1 amide bonds. The second-order valence-electron chi connectivity index (χ2n) is 4.47. The minimum absolute atomic E-state index is 0.112. The third kappa shape index (κ3) is 4.65. The molecule has 2 rings (SSSR count). The van der Waals surface area contributed by atoms with Gasteiger partial charge >= 0.3 is 0 Å². The van der Waals surface area contributed by atoms with E-state index in [1.807, 2.05) is 12.1 Å². The summed E-state index contributed by atoms with van der Waals surface area (Å²) < 4.78 is 0.758. The molecule has 0 aliphatic rings. The van der Waals surface area contributed by atoms with Crippen LogP contribution in [-0.2, 0) is 11.3 Å². The van der Waals surface area contributed by atoms with Crippen LogP contribution in [-0.4, -0.2) is 11.2 Å². The largest absolute Gasteiger partial charge is 0.618 e. The second-order valence-corrected chi connectivity index (χ2v) is 6.27. The first-order chi connectivity index (χ1) is 10.1. The van der Waals surface area contributed by atoms with Crippen molar-refractivity contribution in [2.75, 3.05) is 0 Å². The van der Waals surface area contributed by atoms with Crippen molar-refractivity contribution in [2.24, 2.45) is 0 Å². The molecule has 0 spiro atoms. The lowest BCUT2D eigenvalue weighted by Gasteiger charge is -2.11. The van der Waals surface area contributed by atoms with E-state index in [-0.39, 0.29) is 11.2 Å². The Morgan fingerprint density at radius 1 is 1.33 bits per heavy atom. The smallest absolute Gasteiger partial charge is 0.252 e. The number of pyridine rings is 1. The second kappa shape index (κ2) is 7.33. The van der Waals surface area contributed by atoms with Gasteiger partial charge in [-0.1, -0.05) is 23.7 Å². The topological polar surface area (TPSA) is 56.0 Å². The summed E-state index contributed by atoms with van der Waals surface area (Å²) in [5.74, 6) is -0.112. The third-order valence-corrected chi connectivity index (χ3v) is 4.21. The molecule has 1 aromatic carbocycles. The standard InChI is InChI=1S/C15H15ClN2O2S/c1-11(21-14-4-2-3-9-18(14)20)15(19)17-10-12-5-7-13(16)8-6-12/h2-9,11H,10H2,1H3,(H,17,19). The first kappa shape index (κ1) is 15.7. The molecule has 1 atom stereocenters. The van der Waals surface area contributed by atoms with E-state index in [1.165, 1.54) is 18.0 Å².